The van der Waals surface area contributed by atoms with Crippen LogP contribution in [0.15, 0.2) is 164 Å². The second-order valence-electron chi connectivity index (χ2n) is 13.8. The summed E-state index contributed by atoms with van der Waals surface area (Å²) in [6.45, 7) is 4.69. The van der Waals surface area contributed by atoms with Gasteiger partial charge in [0.2, 0.25) is 0 Å². The number of anilines is 3. The number of nitrogens with zero attached hydrogens (tertiary/aromatic N) is 1. The number of thiophene rings is 1. The Hall–Kier alpha value is -5.70. The lowest BCUT2D eigenvalue weighted by molar-refractivity contribution is 0.660. The maximum Gasteiger partial charge on any atom is 0.0468 e. The quantitative estimate of drug-likeness (QED) is 0.184. The molecule has 1 nitrogen and oxygen atoms in total. The molecule has 1 aromatic heterocycles. The van der Waals surface area contributed by atoms with E-state index in [2.05, 4.69) is 183 Å². The lowest BCUT2D eigenvalue weighted by Crippen LogP contribution is -2.15. The molecule has 0 saturated heterocycles. The molecule has 49 heavy (non-hydrogen) atoms. The second kappa shape index (κ2) is 10.7. The third-order valence-electron chi connectivity index (χ3n) is 10.6. The van der Waals surface area contributed by atoms with E-state index in [4.69, 9.17) is 0 Å². The highest BCUT2D eigenvalue weighted by atomic mass is 32.1. The van der Waals surface area contributed by atoms with Gasteiger partial charge in [-0.3, -0.25) is 0 Å². The summed E-state index contributed by atoms with van der Waals surface area (Å²) in [7, 11) is 0. The summed E-state index contributed by atoms with van der Waals surface area (Å²) in [5.41, 5.74) is 11.3. The molecule has 232 valence electrons. The molecule has 0 amide bonds. The maximum absolute atomic E-state index is 2.43. The number of fused-ring (bicyclic) bond motifs is 8. The van der Waals surface area contributed by atoms with E-state index in [1.165, 1.54) is 75.1 Å². The molecule has 0 unspecified atom stereocenters. The van der Waals surface area contributed by atoms with Crippen molar-refractivity contribution in [1.82, 2.24) is 0 Å². The molecule has 9 aromatic rings. The largest absolute Gasteiger partial charge is 0.310 e. The smallest absolute Gasteiger partial charge is 0.0468 e. The van der Waals surface area contributed by atoms with Crippen molar-refractivity contribution in [2.75, 3.05) is 4.90 Å². The van der Waals surface area contributed by atoms with E-state index in [1.54, 1.807) is 0 Å². The van der Waals surface area contributed by atoms with E-state index >= 15 is 0 Å². The number of hydrogen-bond donors (Lipinski definition) is 0. The molecule has 1 aliphatic carbocycles. The highest BCUT2D eigenvalue weighted by Gasteiger charge is 2.35. The van der Waals surface area contributed by atoms with Crippen LogP contribution in [0.1, 0.15) is 25.0 Å². The molecule has 0 spiro atoms. The van der Waals surface area contributed by atoms with E-state index in [9.17, 15) is 0 Å². The molecular weight excluding hydrogens is 611 g/mol. The van der Waals surface area contributed by atoms with E-state index < -0.39 is 0 Å². The third kappa shape index (κ3) is 4.38. The van der Waals surface area contributed by atoms with Crippen molar-refractivity contribution in [1.29, 1.82) is 0 Å². The molecule has 8 aromatic carbocycles. The molecule has 0 N–H and O–H groups in total. The SMILES string of the molecule is CC1(C)c2ccccc2-c2cc(N(c3ccc(-c4cccc5ccccc45)cc3)c3ccc4cc5sc6ccccc6c5cc4c3)ccc21. The van der Waals surface area contributed by atoms with E-state index in [-0.39, 0.29) is 5.41 Å². The molecule has 1 heterocycles. The summed E-state index contributed by atoms with van der Waals surface area (Å²) in [5.74, 6) is 0. The Morgan fingerprint density at radius 1 is 0.408 bits per heavy atom. The predicted octanol–water partition coefficient (Wildman–Crippen LogP) is 13.8. The summed E-state index contributed by atoms with van der Waals surface area (Å²) < 4.78 is 2.67. The Labute approximate surface area is 290 Å². The lowest BCUT2D eigenvalue weighted by Gasteiger charge is -2.27. The molecule has 0 atom stereocenters. The summed E-state index contributed by atoms with van der Waals surface area (Å²) >= 11 is 1.88. The first kappa shape index (κ1) is 28.3. The van der Waals surface area contributed by atoms with E-state index in [0.29, 0.717) is 0 Å². The molecule has 0 saturated carbocycles. The van der Waals surface area contributed by atoms with Crippen LogP contribution in [0.2, 0.25) is 0 Å². The molecule has 0 radical (unpaired) electrons. The van der Waals surface area contributed by atoms with E-state index in [0.717, 1.165) is 17.1 Å². The minimum atomic E-state index is -0.0347. The third-order valence-corrected chi connectivity index (χ3v) is 11.8. The summed E-state index contributed by atoms with van der Waals surface area (Å²) in [6, 6.07) is 60.7. The molecule has 1 aliphatic rings. The van der Waals surface area contributed by atoms with E-state index in [1.807, 2.05) is 11.3 Å². The lowest BCUT2D eigenvalue weighted by atomic mass is 9.82. The zero-order chi connectivity index (χ0) is 32.7. The van der Waals surface area contributed by atoms with Crippen molar-refractivity contribution in [3.63, 3.8) is 0 Å². The van der Waals surface area contributed by atoms with Crippen LogP contribution in [0.5, 0.6) is 0 Å². The predicted molar refractivity (Wildman–Crippen MR) is 212 cm³/mol. The van der Waals surface area contributed by atoms with Gasteiger partial charge in [-0.15, -0.1) is 11.3 Å². The van der Waals surface area contributed by atoms with Gasteiger partial charge in [-0.25, -0.2) is 0 Å². The van der Waals surface area contributed by atoms with Crippen LogP contribution in [0.4, 0.5) is 17.1 Å². The Morgan fingerprint density at radius 2 is 1.08 bits per heavy atom. The van der Waals surface area contributed by atoms with Gasteiger partial charge in [0.1, 0.15) is 0 Å². The molecule has 10 rings (SSSR count). The summed E-state index contributed by atoms with van der Waals surface area (Å²) in [6.07, 6.45) is 0. The second-order valence-corrected chi connectivity index (χ2v) is 14.9. The minimum absolute atomic E-state index is 0.0347. The first-order chi connectivity index (χ1) is 24.0. The van der Waals surface area contributed by atoms with Crippen LogP contribution < -0.4 is 4.90 Å². The van der Waals surface area contributed by atoms with Gasteiger partial charge in [0, 0.05) is 42.6 Å². The van der Waals surface area contributed by atoms with Gasteiger partial charge in [-0.2, -0.15) is 0 Å². The first-order valence-electron chi connectivity index (χ1n) is 17.0. The van der Waals surface area contributed by atoms with Gasteiger partial charge in [-0.1, -0.05) is 123 Å². The van der Waals surface area contributed by atoms with Crippen molar-refractivity contribution < 1.29 is 0 Å². The normalized spacial score (nSPS) is 13.3. The highest BCUT2D eigenvalue weighted by Crippen LogP contribution is 2.51. The summed E-state index contributed by atoms with van der Waals surface area (Å²) in [4.78, 5) is 2.43. The van der Waals surface area contributed by atoms with Gasteiger partial charge in [0.05, 0.1) is 0 Å². The van der Waals surface area contributed by atoms with Crippen molar-refractivity contribution in [2.24, 2.45) is 0 Å². The topological polar surface area (TPSA) is 3.24 Å². The van der Waals surface area contributed by atoms with Gasteiger partial charge < -0.3 is 4.90 Å². The zero-order valence-corrected chi connectivity index (χ0v) is 28.3. The average Bonchev–Trinajstić information content (AvgIpc) is 3.62. The fraction of sp³-hybridized carbons (Fsp3) is 0.0638. The molecule has 0 bridgehead atoms. The number of benzene rings is 8. The molecule has 0 aliphatic heterocycles. The molecule has 2 heteroatoms. The van der Waals surface area contributed by atoms with Gasteiger partial charge >= 0.3 is 0 Å². The van der Waals surface area contributed by atoms with Crippen LogP contribution >= 0.6 is 11.3 Å². The van der Waals surface area contributed by atoms with Crippen LogP contribution in [0.3, 0.4) is 0 Å². The fourth-order valence-electron chi connectivity index (χ4n) is 8.16. The molecule has 0 fully saturated rings. The minimum Gasteiger partial charge on any atom is -0.310 e. The Bertz CT molecular complexity index is 2740. The standard InChI is InChI=1S/C47H33NS/c1-47(2)43-16-7-5-13-39(43)41-29-36(24-25-44(41)47)48(34-21-18-31(19-22-34)38-15-9-11-30-10-3-4-12-37(30)38)35-23-20-32-28-46-42(27-33(32)26-35)40-14-6-8-17-45(40)49-46/h3-29H,1-2H3. The van der Waals surface area contributed by atoms with Crippen LogP contribution in [0.25, 0.3) is 64.0 Å². The molecular formula is C47H33NS. The van der Waals surface area contributed by atoms with Gasteiger partial charge in [0.15, 0.2) is 0 Å². The highest BCUT2D eigenvalue weighted by molar-refractivity contribution is 7.25. The Morgan fingerprint density at radius 3 is 1.98 bits per heavy atom. The Balaban J connectivity index is 1.16. The van der Waals surface area contributed by atoms with Crippen LogP contribution in [0, 0.1) is 0 Å². The number of hydrogen-bond acceptors (Lipinski definition) is 2. The number of rotatable bonds is 4. The van der Waals surface area contributed by atoms with Crippen molar-refractivity contribution >= 4 is 70.1 Å². The van der Waals surface area contributed by atoms with Gasteiger partial charge in [0.25, 0.3) is 0 Å². The zero-order valence-electron chi connectivity index (χ0n) is 27.4. The van der Waals surface area contributed by atoms with Gasteiger partial charge in [-0.05, 0) is 110 Å². The monoisotopic (exact) mass is 643 g/mol. The first-order valence-corrected chi connectivity index (χ1v) is 17.8. The van der Waals surface area contributed by atoms with Crippen LogP contribution in [-0.2, 0) is 5.41 Å². The maximum atomic E-state index is 2.43. The van der Waals surface area contributed by atoms with Crippen molar-refractivity contribution in [3.05, 3.63) is 175 Å². The Kier molecular flexibility index (Phi) is 6.16. The average molecular weight is 644 g/mol. The summed E-state index contributed by atoms with van der Waals surface area (Å²) in [5, 5.41) is 7.70. The van der Waals surface area contributed by atoms with Crippen LogP contribution in [-0.4, -0.2) is 0 Å². The van der Waals surface area contributed by atoms with Crippen molar-refractivity contribution in [2.45, 2.75) is 19.3 Å². The van der Waals surface area contributed by atoms with Crippen molar-refractivity contribution in [3.8, 4) is 22.3 Å². The fourth-order valence-corrected chi connectivity index (χ4v) is 9.29.